The summed E-state index contributed by atoms with van der Waals surface area (Å²) in [6.07, 6.45) is 4.86. The minimum absolute atomic E-state index is 0. The van der Waals surface area contributed by atoms with Crippen LogP contribution >= 0.6 is 24.0 Å². The Hall–Kier alpha value is -1.78. The maximum absolute atomic E-state index is 10.1. The Morgan fingerprint density at radius 3 is 2.56 bits per heavy atom. The van der Waals surface area contributed by atoms with Crippen LogP contribution in [0.15, 0.2) is 42.9 Å². The molecular weight excluding hydrogens is 273 g/mol. The van der Waals surface area contributed by atoms with Gasteiger partial charge in [-0.05, 0) is 12.1 Å². The molecule has 0 fully saturated rings. The first-order valence-corrected chi connectivity index (χ1v) is 5.40. The first-order valence-electron chi connectivity index (χ1n) is 5.02. The van der Waals surface area contributed by atoms with Crippen molar-refractivity contribution >= 4 is 29.7 Å². The van der Waals surface area contributed by atoms with Crippen LogP contribution < -0.4 is 0 Å². The van der Waals surface area contributed by atoms with Crippen molar-refractivity contribution in [1.29, 1.82) is 0 Å². The van der Waals surface area contributed by atoms with Crippen LogP contribution in [0.1, 0.15) is 0 Å². The van der Waals surface area contributed by atoms with Gasteiger partial charge in [-0.15, -0.1) is 12.4 Å². The largest absolute Gasteiger partial charge is 0.493 e. The van der Waals surface area contributed by atoms with Crippen molar-refractivity contribution in [3.63, 3.8) is 0 Å². The fraction of sp³-hybridized carbons (Fsp3) is 0. The number of rotatable bonds is 1. The molecule has 0 unspecified atom stereocenters. The Labute approximate surface area is 114 Å². The number of nitrogens with zero attached hydrogens (tertiary/aromatic N) is 3. The number of hydrogen-bond acceptors (Lipinski definition) is 3. The Balaban J connectivity index is 0.00000120. The van der Waals surface area contributed by atoms with E-state index in [1.165, 1.54) is 0 Å². The van der Waals surface area contributed by atoms with Gasteiger partial charge in [0, 0.05) is 23.0 Å². The van der Waals surface area contributed by atoms with Crippen molar-refractivity contribution in [3.05, 3.63) is 47.9 Å². The lowest BCUT2D eigenvalue weighted by Crippen LogP contribution is -1.83. The summed E-state index contributed by atoms with van der Waals surface area (Å²) in [6.45, 7) is 0. The molecule has 0 saturated heterocycles. The minimum atomic E-state index is 0. The van der Waals surface area contributed by atoms with Crippen molar-refractivity contribution in [2.45, 2.75) is 0 Å². The lowest BCUT2D eigenvalue weighted by molar-refractivity contribution is 0.450. The summed E-state index contributed by atoms with van der Waals surface area (Å²) in [7, 11) is 0. The fourth-order valence-corrected chi connectivity index (χ4v) is 1.82. The molecule has 6 heteroatoms. The van der Waals surface area contributed by atoms with Gasteiger partial charge in [-0.1, -0.05) is 23.7 Å². The third-order valence-electron chi connectivity index (χ3n) is 2.52. The molecule has 2 heterocycles. The summed E-state index contributed by atoms with van der Waals surface area (Å²) >= 11 is 5.82. The number of benzene rings is 1. The van der Waals surface area contributed by atoms with E-state index in [0.717, 1.165) is 5.56 Å². The molecule has 0 atom stereocenters. The molecule has 0 aliphatic rings. The van der Waals surface area contributed by atoms with Gasteiger partial charge in [-0.2, -0.15) is 0 Å². The molecule has 0 bridgehead atoms. The topological polar surface area (TPSA) is 50.4 Å². The van der Waals surface area contributed by atoms with Crippen LogP contribution in [-0.4, -0.2) is 19.5 Å². The van der Waals surface area contributed by atoms with E-state index in [1.807, 2.05) is 12.1 Å². The number of halogens is 2. The van der Waals surface area contributed by atoms with Crippen LogP contribution in [0, 0.1) is 0 Å². The van der Waals surface area contributed by atoms with Crippen molar-refractivity contribution in [1.82, 2.24) is 14.4 Å². The summed E-state index contributed by atoms with van der Waals surface area (Å²) in [5.74, 6) is 0.102. The van der Waals surface area contributed by atoms with E-state index in [9.17, 15) is 5.11 Å². The molecule has 2 aromatic heterocycles. The van der Waals surface area contributed by atoms with Crippen molar-refractivity contribution in [2.24, 2.45) is 0 Å². The zero-order valence-corrected chi connectivity index (χ0v) is 10.7. The van der Waals surface area contributed by atoms with Crippen LogP contribution in [-0.2, 0) is 0 Å². The number of hydrogen-bond donors (Lipinski definition) is 1. The van der Waals surface area contributed by atoms with E-state index < -0.39 is 0 Å². The predicted octanol–water partition coefficient (Wildman–Crippen LogP) is 3.18. The molecule has 0 amide bonds. The third-order valence-corrected chi connectivity index (χ3v) is 2.77. The van der Waals surface area contributed by atoms with Gasteiger partial charge in [0.1, 0.15) is 5.69 Å². The molecule has 0 saturated carbocycles. The maximum atomic E-state index is 10.1. The summed E-state index contributed by atoms with van der Waals surface area (Å²) < 4.78 is 1.58. The second-order valence-electron chi connectivity index (χ2n) is 3.60. The Bertz CT molecular complexity index is 679. The standard InChI is InChI=1S/C12H8ClN3O.ClH/c13-9-3-1-8(2-4-9)11-12(17)16-6-5-14-7-10(16)15-11;/h1-7,17H;1H. The highest BCUT2D eigenvalue weighted by molar-refractivity contribution is 6.30. The average molecular weight is 282 g/mol. The zero-order valence-electron chi connectivity index (χ0n) is 9.12. The lowest BCUT2D eigenvalue weighted by atomic mass is 10.2. The van der Waals surface area contributed by atoms with Gasteiger partial charge in [0.15, 0.2) is 5.65 Å². The molecule has 0 aliphatic carbocycles. The normalized spacial score (nSPS) is 10.3. The maximum Gasteiger partial charge on any atom is 0.224 e. The Morgan fingerprint density at radius 1 is 1.17 bits per heavy atom. The first kappa shape index (κ1) is 12.7. The fourth-order valence-electron chi connectivity index (χ4n) is 1.70. The SMILES string of the molecule is Cl.Oc1c(-c2ccc(Cl)cc2)nc2cnccn12. The highest BCUT2D eigenvalue weighted by Crippen LogP contribution is 2.29. The van der Waals surface area contributed by atoms with Crippen molar-refractivity contribution in [3.8, 4) is 17.1 Å². The van der Waals surface area contributed by atoms with Gasteiger partial charge in [0.25, 0.3) is 0 Å². The van der Waals surface area contributed by atoms with Gasteiger partial charge in [0.05, 0.1) is 6.20 Å². The van der Waals surface area contributed by atoms with E-state index in [-0.39, 0.29) is 18.3 Å². The van der Waals surface area contributed by atoms with E-state index in [0.29, 0.717) is 16.4 Å². The average Bonchev–Trinajstić information content (AvgIpc) is 2.69. The van der Waals surface area contributed by atoms with Crippen molar-refractivity contribution in [2.75, 3.05) is 0 Å². The Morgan fingerprint density at radius 2 is 1.89 bits per heavy atom. The molecule has 3 aromatic rings. The van der Waals surface area contributed by atoms with Crippen LogP contribution in [0.4, 0.5) is 0 Å². The minimum Gasteiger partial charge on any atom is -0.493 e. The highest BCUT2D eigenvalue weighted by Gasteiger charge is 2.12. The molecule has 18 heavy (non-hydrogen) atoms. The monoisotopic (exact) mass is 281 g/mol. The highest BCUT2D eigenvalue weighted by atomic mass is 35.5. The molecule has 1 N–H and O–H groups in total. The van der Waals surface area contributed by atoms with Crippen LogP contribution in [0.5, 0.6) is 5.88 Å². The first-order chi connectivity index (χ1) is 8.25. The van der Waals surface area contributed by atoms with Crippen LogP contribution in [0.3, 0.4) is 0 Å². The van der Waals surface area contributed by atoms with E-state index in [2.05, 4.69) is 9.97 Å². The summed E-state index contributed by atoms with van der Waals surface area (Å²) in [5.41, 5.74) is 1.94. The van der Waals surface area contributed by atoms with Gasteiger partial charge < -0.3 is 5.11 Å². The number of aromatic nitrogens is 3. The quantitative estimate of drug-likeness (QED) is 0.745. The third kappa shape index (κ3) is 2.00. The second kappa shape index (κ2) is 4.84. The van der Waals surface area contributed by atoms with E-state index in [1.54, 1.807) is 35.1 Å². The van der Waals surface area contributed by atoms with E-state index >= 15 is 0 Å². The van der Waals surface area contributed by atoms with Crippen molar-refractivity contribution < 1.29 is 5.11 Å². The summed E-state index contributed by atoms with van der Waals surface area (Å²) in [4.78, 5) is 8.28. The predicted molar refractivity (Wildman–Crippen MR) is 72.3 cm³/mol. The zero-order chi connectivity index (χ0) is 11.8. The molecule has 1 aromatic carbocycles. The summed E-state index contributed by atoms with van der Waals surface area (Å²) in [6, 6.07) is 7.16. The van der Waals surface area contributed by atoms with Crippen LogP contribution in [0.25, 0.3) is 16.9 Å². The smallest absolute Gasteiger partial charge is 0.224 e. The molecule has 92 valence electrons. The Kier molecular flexibility index (Phi) is 3.41. The van der Waals surface area contributed by atoms with Gasteiger partial charge in [-0.3, -0.25) is 9.38 Å². The molecule has 0 aliphatic heterocycles. The molecule has 0 spiro atoms. The van der Waals surface area contributed by atoms with Gasteiger partial charge in [0.2, 0.25) is 5.88 Å². The second-order valence-corrected chi connectivity index (χ2v) is 4.03. The number of fused-ring (bicyclic) bond motifs is 1. The summed E-state index contributed by atoms with van der Waals surface area (Å²) in [5, 5.41) is 10.7. The van der Waals surface area contributed by atoms with E-state index in [4.69, 9.17) is 11.6 Å². The van der Waals surface area contributed by atoms with Gasteiger partial charge >= 0.3 is 0 Å². The molecular formula is C12H9Cl2N3O. The number of imidazole rings is 1. The molecule has 3 rings (SSSR count). The molecule has 4 nitrogen and oxygen atoms in total. The molecule has 0 radical (unpaired) electrons. The number of aromatic hydroxyl groups is 1. The van der Waals surface area contributed by atoms with Gasteiger partial charge in [-0.25, -0.2) is 4.98 Å². The lowest BCUT2D eigenvalue weighted by Gasteiger charge is -1.98. The van der Waals surface area contributed by atoms with Crippen LogP contribution in [0.2, 0.25) is 5.02 Å².